The third kappa shape index (κ3) is 3.94. The Bertz CT molecular complexity index is 918. The molecule has 0 aliphatic carbocycles. The van der Waals surface area contributed by atoms with Gasteiger partial charge in [-0.3, -0.25) is 14.9 Å². The van der Waals surface area contributed by atoms with Gasteiger partial charge in [-0.25, -0.2) is 5.43 Å². The van der Waals surface area contributed by atoms with Crippen LogP contribution >= 0.6 is 0 Å². The molecule has 0 spiro atoms. The first-order valence-corrected chi connectivity index (χ1v) is 8.21. The smallest absolute Gasteiger partial charge is 0.289 e. The Morgan fingerprint density at radius 2 is 2.00 bits per heavy atom. The number of carbonyl (C=O) groups excluding carboxylic acids is 1. The molecule has 2 N–H and O–H groups in total. The first-order valence-electron chi connectivity index (χ1n) is 8.21. The highest BCUT2D eigenvalue weighted by Crippen LogP contribution is 2.28. The summed E-state index contributed by atoms with van der Waals surface area (Å²) in [4.78, 5) is 16.3. The van der Waals surface area contributed by atoms with Crippen LogP contribution in [0.4, 0.5) is 0 Å². The Labute approximate surface area is 151 Å². The number of rotatable bonds is 6. The predicted molar refractivity (Wildman–Crippen MR) is 99.1 cm³/mol. The summed E-state index contributed by atoms with van der Waals surface area (Å²) in [5.74, 6) is 0.353. The van der Waals surface area contributed by atoms with E-state index in [0.717, 1.165) is 16.9 Å². The molecular formula is C19H19N5O2. The highest BCUT2D eigenvalue weighted by molar-refractivity contribution is 6.00. The number of carbonyl (C=O) groups is 1. The average molecular weight is 349 g/mol. The second kappa shape index (κ2) is 8.06. The number of amides is 1. The highest BCUT2D eigenvalue weighted by Gasteiger charge is 2.13. The van der Waals surface area contributed by atoms with Crippen LogP contribution in [-0.4, -0.2) is 33.4 Å². The van der Waals surface area contributed by atoms with E-state index in [2.05, 4.69) is 25.7 Å². The summed E-state index contributed by atoms with van der Waals surface area (Å²) in [6.45, 7) is 4.29. The molecular weight excluding hydrogens is 330 g/mol. The molecule has 1 aromatic carbocycles. The van der Waals surface area contributed by atoms with Crippen molar-refractivity contribution in [2.24, 2.45) is 5.10 Å². The van der Waals surface area contributed by atoms with Crippen LogP contribution in [0.5, 0.6) is 5.75 Å². The van der Waals surface area contributed by atoms with Gasteiger partial charge in [-0.1, -0.05) is 12.1 Å². The summed E-state index contributed by atoms with van der Waals surface area (Å²) < 4.78 is 5.61. The maximum atomic E-state index is 12.3. The van der Waals surface area contributed by atoms with E-state index in [0.29, 0.717) is 23.7 Å². The van der Waals surface area contributed by atoms with Gasteiger partial charge in [0.05, 0.1) is 18.0 Å². The van der Waals surface area contributed by atoms with Crippen LogP contribution in [-0.2, 0) is 0 Å². The quantitative estimate of drug-likeness (QED) is 0.528. The van der Waals surface area contributed by atoms with Crippen molar-refractivity contribution >= 4 is 11.6 Å². The van der Waals surface area contributed by atoms with Gasteiger partial charge in [-0.05, 0) is 44.2 Å². The lowest BCUT2D eigenvalue weighted by atomic mass is 10.1. The average Bonchev–Trinajstić information content (AvgIpc) is 3.17. The number of hydrogen-bond donors (Lipinski definition) is 2. The zero-order chi connectivity index (χ0) is 18.4. The Kier molecular flexibility index (Phi) is 5.38. The standard InChI is InChI=1S/C19H19N5O2/c1-3-26-18-7-5-4-6-15(18)16-12-17(23-22-16)19(25)24-21-13(2)14-8-10-20-11-9-14/h4-12H,3H2,1-2H3,(H,22,23)(H,24,25)/b21-13-. The van der Waals surface area contributed by atoms with E-state index in [1.807, 2.05) is 50.2 Å². The fourth-order valence-corrected chi connectivity index (χ4v) is 2.39. The number of ether oxygens (including phenoxy) is 1. The molecule has 0 bridgehead atoms. The van der Waals surface area contributed by atoms with Gasteiger partial charge >= 0.3 is 0 Å². The number of aromatic nitrogens is 3. The number of aromatic amines is 1. The molecule has 26 heavy (non-hydrogen) atoms. The lowest BCUT2D eigenvalue weighted by Gasteiger charge is -2.07. The maximum Gasteiger partial charge on any atom is 0.289 e. The zero-order valence-corrected chi connectivity index (χ0v) is 14.6. The van der Waals surface area contributed by atoms with Crippen molar-refractivity contribution in [2.45, 2.75) is 13.8 Å². The molecule has 132 valence electrons. The number of pyridine rings is 1. The zero-order valence-electron chi connectivity index (χ0n) is 14.6. The molecule has 1 amide bonds. The number of hydrazone groups is 1. The molecule has 0 saturated carbocycles. The van der Waals surface area contributed by atoms with E-state index in [4.69, 9.17) is 4.74 Å². The molecule has 0 unspecified atom stereocenters. The summed E-state index contributed by atoms with van der Waals surface area (Å²) in [7, 11) is 0. The normalized spacial score (nSPS) is 11.2. The van der Waals surface area contributed by atoms with E-state index in [1.165, 1.54) is 0 Å². The number of nitrogens with one attached hydrogen (secondary N) is 2. The molecule has 2 heterocycles. The maximum absolute atomic E-state index is 12.3. The summed E-state index contributed by atoms with van der Waals surface area (Å²) >= 11 is 0. The summed E-state index contributed by atoms with van der Waals surface area (Å²) in [6, 6.07) is 12.9. The number of hydrogen-bond acceptors (Lipinski definition) is 5. The lowest BCUT2D eigenvalue weighted by Crippen LogP contribution is -2.19. The van der Waals surface area contributed by atoms with Crippen LogP contribution in [0, 0.1) is 0 Å². The second-order valence-electron chi connectivity index (χ2n) is 5.47. The molecule has 3 rings (SSSR count). The van der Waals surface area contributed by atoms with Crippen molar-refractivity contribution in [3.8, 4) is 17.0 Å². The Morgan fingerprint density at radius 3 is 2.77 bits per heavy atom. The van der Waals surface area contributed by atoms with E-state index >= 15 is 0 Å². The molecule has 7 heteroatoms. The van der Waals surface area contributed by atoms with Gasteiger partial charge in [0.2, 0.25) is 0 Å². The molecule has 2 aromatic heterocycles. The van der Waals surface area contributed by atoms with Crippen molar-refractivity contribution in [2.75, 3.05) is 6.61 Å². The van der Waals surface area contributed by atoms with Crippen LogP contribution in [0.15, 0.2) is 60.0 Å². The fraction of sp³-hybridized carbons (Fsp3) is 0.158. The molecule has 7 nitrogen and oxygen atoms in total. The minimum Gasteiger partial charge on any atom is -0.493 e. The number of H-pyrrole nitrogens is 1. The summed E-state index contributed by atoms with van der Waals surface area (Å²) in [6.07, 6.45) is 3.35. The van der Waals surface area contributed by atoms with Gasteiger partial charge in [0.15, 0.2) is 0 Å². The number of nitrogens with zero attached hydrogens (tertiary/aromatic N) is 3. The summed E-state index contributed by atoms with van der Waals surface area (Å²) in [5, 5.41) is 11.1. The SMILES string of the molecule is CCOc1ccccc1-c1cc(C(=O)N/N=C(/C)c2ccncc2)[nH]n1. The van der Waals surface area contributed by atoms with Gasteiger partial charge in [-0.15, -0.1) is 0 Å². The third-order valence-electron chi connectivity index (χ3n) is 3.71. The molecule has 0 atom stereocenters. The Hall–Kier alpha value is -3.48. The lowest BCUT2D eigenvalue weighted by molar-refractivity contribution is 0.0950. The van der Waals surface area contributed by atoms with E-state index in [1.54, 1.807) is 18.5 Å². The minimum atomic E-state index is -0.369. The molecule has 0 fully saturated rings. The Morgan fingerprint density at radius 1 is 1.23 bits per heavy atom. The summed E-state index contributed by atoms with van der Waals surface area (Å²) in [5.41, 5.74) is 5.87. The van der Waals surface area contributed by atoms with Crippen LogP contribution in [0.1, 0.15) is 29.9 Å². The molecule has 0 radical (unpaired) electrons. The second-order valence-corrected chi connectivity index (χ2v) is 5.47. The fourth-order valence-electron chi connectivity index (χ4n) is 2.39. The molecule has 0 saturated heterocycles. The highest BCUT2D eigenvalue weighted by atomic mass is 16.5. The first-order chi connectivity index (χ1) is 12.7. The van der Waals surface area contributed by atoms with Crippen molar-refractivity contribution in [1.29, 1.82) is 0 Å². The molecule has 0 aliphatic rings. The number of para-hydroxylation sites is 1. The Balaban J connectivity index is 1.75. The van der Waals surface area contributed by atoms with Crippen LogP contribution in [0.2, 0.25) is 0 Å². The van der Waals surface area contributed by atoms with Gasteiger partial charge in [-0.2, -0.15) is 10.2 Å². The van der Waals surface area contributed by atoms with Crippen LogP contribution in [0.25, 0.3) is 11.3 Å². The molecule has 3 aromatic rings. The predicted octanol–water partition coefficient (Wildman–Crippen LogP) is 3.02. The van der Waals surface area contributed by atoms with E-state index in [-0.39, 0.29) is 5.91 Å². The first kappa shape index (κ1) is 17.3. The van der Waals surface area contributed by atoms with Gasteiger partial charge in [0.1, 0.15) is 11.4 Å². The molecule has 0 aliphatic heterocycles. The van der Waals surface area contributed by atoms with Crippen molar-refractivity contribution < 1.29 is 9.53 Å². The monoisotopic (exact) mass is 349 g/mol. The van der Waals surface area contributed by atoms with Crippen molar-refractivity contribution in [3.63, 3.8) is 0 Å². The number of benzene rings is 1. The van der Waals surface area contributed by atoms with Crippen LogP contribution in [0.3, 0.4) is 0 Å². The largest absolute Gasteiger partial charge is 0.493 e. The minimum absolute atomic E-state index is 0.317. The van der Waals surface area contributed by atoms with Gasteiger partial charge < -0.3 is 4.74 Å². The van der Waals surface area contributed by atoms with Crippen molar-refractivity contribution in [1.82, 2.24) is 20.6 Å². The third-order valence-corrected chi connectivity index (χ3v) is 3.71. The van der Waals surface area contributed by atoms with Gasteiger partial charge in [0.25, 0.3) is 5.91 Å². The van der Waals surface area contributed by atoms with E-state index < -0.39 is 0 Å². The van der Waals surface area contributed by atoms with E-state index in [9.17, 15) is 4.79 Å². The van der Waals surface area contributed by atoms with Gasteiger partial charge in [0, 0.05) is 23.5 Å². The van der Waals surface area contributed by atoms with Crippen molar-refractivity contribution in [3.05, 3.63) is 66.1 Å². The van der Waals surface area contributed by atoms with Crippen LogP contribution < -0.4 is 10.2 Å². The topological polar surface area (TPSA) is 92.3 Å².